The van der Waals surface area contributed by atoms with Gasteiger partial charge in [-0.2, -0.15) is 4.52 Å². The number of hydrogen-bond acceptors (Lipinski definition) is 5. The predicted molar refractivity (Wildman–Crippen MR) is 101 cm³/mol. The third kappa shape index (κ3) is 2.95. The first-order valence-corrected chi connectivity index (χ1v) is 9.92. The molecule has 0 saturated carbocycles. The number of ether oxygens (including phenoxy) is 1. The van der Waals surface area contributed by atoms with Gasteiger partial charge in [-0.15, -0.1) is 5.10 Å². The lowest BCUT2D eigenvalue weighted by molar-refractivity contribution is -0.931. The van der Waals surface area contributed by atoms with Gasteiger partial charge in [-0.1, -0.05) is 30.4 Å². The number of para-hydroxylation sites is 1. The Morgan fingerprint density at radius 1 is 1.31 bits per heavy atom. The third-order valence-electron chi connectivity index (χ3n) is 5.34. The van der Waals surface area contributed by atoms with Crippen LogP contribution in [0.2, 0.25) is 0 Å². The molecule has 3 heterocycles. The first kappa shape index (κ1) is 17.3. The van der Waals surface area contributed by atoms with Crippen LogP contribution in [-0.4, -0.2) is 39.9 Å². The van der Waals surface area contributed by atoms with Crippen LogP contribution in [0.1, 0.15) is 42.1 Å². The summed E-state index contributed by atoms with van der Waals surface area (Å²) in [5.41, 5.74) is 1.11. The zero-order valence-corrected chi connectivity index (χ0v) is 16.2. The molecule has 2 aromatic heterocycles. The van der Waals surface area contributed by atoms with Gasteiger partial charge in [-0.05, 0) is 37.8 Å². The van der Waals surface area contributed by atoms with Gasteiger partial charge in [0.1, 0.15) is 16.5 Å². The molecule has 0 spiro atoms. The van der Waals surface area contributed by atoms with E-state index in [0.29, 0.717) is 5.82 Å². The average Bonchev–Trinajstić information content (AvgIpc) is 3.15. The zero-order valence-electron chi connectivity index (χ0n) is 15.4. The van der Waals surface area contributed by atoms with Crippen LogP contribution in [-0.2, 0) is 0 Å². The monoisotopic (exact) mass is 373 g/mol. The molecule has 138 valence electrons. The van der Waals surface area contributed by atoms with Crippen LogP contribution < -0.4 is 9.64 Å². The largest absolute Gasteiger partial charge is 0.496 e. The lowest BCUT2D eigenvalue weighted by Crippen LogP contribution is -3.13. The van der Waals surface area contributed by atoms with Crippen LogP contribution in [0.25, 0.3) is 4.96 Å². The molecule has 0 aliphatic carbocycles. The molecule has 7 heteroatoms. The second kappa shape index (κ2) is 6.89. The standard InChI is InChI=1S/C19H24N4O2S/c1-12-8-10-22(11-9-12)16(14-6-4-5-7-15(14)25-3)17-18(24)23-19(26-17)20-13(2)21-23/h4-7,12,16,24H,8-11H2,1-3H3/p+1/t16-/m0/s1. The molecule has 1 aliphatic rings. The Balaban J connectivity index is 1.84. The quantitative estimate of drug-likeness (QED) is 0.736. The number of likely N-dealkylation sites (tertiary alicyclic amines) is 1. The fraction of sp³-hybridized carbons (Fsp3) is 0.474. The van der Waals surface area contributed by atoms with Crippen molar-refractivity contribution >= 4 is 16.3 Å². The second-order valence-electron chi connectivity index (χ2n) is 7.16. The Hall–Kier alpha value is -2.12. The first-order valence-electron chi connectivity index (χ1n) is 9.11. The summed E-state index contributed by atoms with van der Waals surface area (Å²) >= 11 is 1.52. The van der Waals surface area contributed by atoms with Crippen LogP contribution in [0.15, 0.2) is 24.3 Å². The maximum Gasteiger partial charge on any atom is 0.235 e. The van der Waals surface area contributed by atoms with Gasteiger partial charge in [0.2, 0.25) is 10.8 Å². The van der Waals surface area contributed by atoms with E-state index < -0.39 is 0 Å². The van der Waals surface area contributed by atoms with Gasteiger partial charge in [0.15, 0.2) is 6.04 Å². The van der Waals surface area contributed by atoms with E-state index in [1.807, 2.05) is 25.1 Å². The fourth-order valence-corrected chi connectivity index (χ4v) is 5.09. The van der Waals surface area contributed by atoms with Crippen molar-refractivity contribution in [2.45, 2.75) is 32.7 Å². The zero-order chi connectivity index (χ0) is 18.3. The third-order valence-corrected chi connectivity index (χ3v) is 6.43. The predicted octanol–water partition coefficient (Wildman–Crippen LogP) is 2.22. The highest BCUT2D eigenvalue weighted by molar-refractivity contribution is 7.17. The number of aromatic nitrogens is 3. The summed E-state index contributed by atoms with van der Waals surface area (Å²) in [6.07, 6.45) is 2.39. The number of nitrogens with one attached hydrogen (secondary N) is 1. The Bertz CT molecular complexity index is 912. The topological polar surface area (TPSA) is 64.1 Å². The number of fused-ring (bicyclic) bond motifs is 1. The molecule has 0 unspecified atom stereocenters. The molecule has 0 radical (unpaired) electrons. The molecule has 1 fully saturated rings. The lowest BCUT2D eigenvalue weighted by atomic mass is 9.95. The molecule has 1 aliphatic heterocycles. The van der Waals surface area contributed by atoms with Gasteiger partial charge in [-0.25, -0.2) is 4.98 Å². The molecule has 1 atom stereocenters. The van der Waals surface area contributed by atoms with Crippen molar-refractivity contribution in [3.63, 3.8) is 0 Å². The molecule has 0 amide bonds. The van der Waals surface area contributed by atoms with E-state index >= 15 is 0 Å². The van der Waals surface area contributed by atoms with Crippen molar-refractivity contribution in [3.8, 4) is 11.6 Å². The van der Waals surface area contributed by atoms with Gasteiger partial charge >= 0.3 is 0 Å². The summed E-state index contributed by atoms with van der Waals surface area (Å²) in [5, 5.41) is 15.2. The number of rotatable bonds is 4. The number of thiazole rings is 1. The van der Waals surface area contributed by atoms with Crippen molar-refractivity contribution in [1.82, 2.24) is 14.6 Å². The minimum absolute atomic E-state index is 0.0208. The molecular weight excluding hydrogens is 348 g/mol. The van der Waals surface area contributed by atoms with Crippen LogP contribution in [0.3, 0.4) is 0 Å². The van der Waals surface area contributed by atoms with Gasteiger partial charge in [0.05, 0.1) is 25.8 Å². The smallest absolute Gasteiger partial charge is 0.235 e. The molecule has 26 heavy (non-hydrogen) atoms. The van der Waals surface area contributed by atoms with Crippen molar-refractivity contribution in [2.75, 3.05) is 20.2 Å². The molecular formula is C19H25N4O2S+. The normalized spacial score (nSPS) is 21.8. The second-order valence-corrected chi connectivity index (χ2v) is 8.17. The van der Waals surface area contributed by atoms with Crippen molar-refractivity contribution in [1.29, 1.82) is 0 Å². The SMILES string of the molecule is COc1ccccc1[C@@H](c1sc2nc(C)nn2c1O)[NH+]1CCC(C)CC1. The van der Waals surface area contributed by atoms with Crippen molar-refractivity contribution in [2.24, 2.45) is 5.92 Å². The van der Waals surface area contributed by atoms with Gasteiger partial charge < -0.3 is 14.7 Å². The van der Waals surface area contributed by atoms with E-state index in [1.165, 1.54) is 29.1 Å². The Kier molecular flexibility index (Phi) is 4.58. The highest BCUT2D eigenvalue weighted by atomic mass is 32.1. The average molecular weight is 374 g/mol. The van der Waals surface area contributed by atoms with Crippen molar-refractivity contribution in [3.05, 3.63) is 40.5 Å². The highest BCUT2D eigenvalue weighted by Crippen LogP contribution is 2.38. The maximum absolute atomic E-state index is 10.9. The fourth-order valence-electron chi connectivity index (χ4n) is 3.91. The van der Waals surface area contributed by atoms with Crippen LogP contribution in [0, 0.1) is 12.8 Å². The van der Waals surface area contributed by atoms with Crippen LogP contribution in [0.4, 0.5) is 0 Å². The van der Waals surface area contributed by atoms with E-state index in [2.05, 4.69) is 23.1 Å². The summed E-state index contributed by atoms with van der Waals surface area (Å²) in [5.74, 6) is 2.49. The first-order chi connectivity index (χ1) is 12.6. The summed E-state index contributed by atoms with van der Waals surface area (Å²) in [6, 6.07) is 8.14. The Labute approximate surface area is 157 Å². The van der Waals surface area contributed by atoms with E-state index in [4.69, 9.17) is 4.74 Å². The van der Waals surface area contributed by atoms with E-state index in [9.17, 15) is 5.11 Å². The lowest BCUT2D eigenvalue weighted by Gasteiger charge is -2.33. The number of nitrogens with zero attached hydrogens (tertiary/aromatic N) is 3. The van der Waals surface area contributed by atoms with Gasteiger partial charge in [0.25, 0.3) is 0 Å². The minimum atomic E-state index is 0.0208. The molecule has 1 saturated heterocycles. The molecule has 6 nitrogen and oxygen atoms in total. The van der Waals surface area contributed by atoms with Crippen molar-refractivity contribution < 1.29 is 14.7 Å². The van der Waals surface area contributed by atoms with E-state index in [1.54, 1.807) is 11.6 Å². The van der Waals surface area contributed by atoms with E-state index in [-0.39, 0.29) is 11.9 Å². The number of benzene rings is 1. The molecule has 4 rings (SSSR count). The van der Waals surface area contributed by atoms with Crippen LogP contribution >= 0.6 is 11.3 Å². The van der Waals surface area contributed by atoms with E-state index in [0.717, 1.165) is 40.2 Å². The molecule has 2 N–H and O–H groups in total. The number of aromatic hydroxyl groups is 1. The number of methoxy groups -OCH3 is 1. The number of piperidine rings is 1. The summed E-state index contributed by atoms with van der Waals surface area (Å²) in [6.45, 7) is 6.32. The van der Waals surface area contributed by atoms with Crippen LogP contribution in [0.5, 0.6) is 11.6 Å². The minimum Gasteiger partial charge on any atom is -0.496 e. The maximum atomic E-state index is 10.9. The molecule has 1 aromatic carbocycles. The summed E-state index contributed by atoms with van der Waals surface area (Å²) in [4.78, 5) is 7.55. The highest BCUT2D eigenvalue weighted by Gasteiger charge is 2.36. The molecule has 0 bridgehead atoms. The summed E-state index contributed by atoms with van der Waals surface area (Å²) in [7, 11) is 1.70. The van der Waals surface area contributed by atoms with Gasteiger partial charge in [-0.3, -0.25) is 0 Å². The number of aryl methyl sites for hydroxylation is 1. The molecule has 3 aromatic rings. The van der Waals surface area contributed by atoms with Gasteiger partial charge in [0, 0.05) is 0 Å². The summed E-state index contributed by atoms with van der Waals surface area (Å²) < 4.78 is 7.21. The number of quaternary nitrogens is 1. The Morgan fingerprint density at radius 3 is 2.73 bits per heavy atom. The number of hydrogen-bond donors (Lipinski definition) is 2. The Morgan fingerprint density at radius 2 is 2.04 bits per heavy atom.